The number of hydrogen-bond donors (Lipinski definition) is 0. The molecule has 1 aliphatic rings. The number of anilines is 1. The van der Waals surface area contributed by atoms with Gasteiger partial charge >= 0.3 is 0 Å². The van der Waals surface area contributed by atoms with E-state index in [1.165, 1.54) is 17.3 Å². The summed E-state index contributed by atoms with van der Waals surface area (Å²) in [5.41, 5.74) is 4.15. The summed E-state index contributed by atoms with van der Waals surface area (Å²) in [5.74, 6) is 1.32. The fraction of sp³-hybridized carbons (Fsp3) is 0.200. The zero-order valence-corrected chi connectivity index (χ0v) is 22.0. The maximum atomic E-state index is 13.2. The van der Waals surface area contributed by atoms with Gasteiger partial charge in [0.05, 0.1) is 17.1 Å². The van der Waals surface area contributed by atoms with Gasteiger partial charge in [-0.2, -0.15) is 0 Å². The van der Waals surface area contributed by atoms with Crippen LogP contribution in [0.25, 0.3) is 17.0 Å². The van der Waals surface area contributed by atoms with Gasteiger partial charge in [-0.25, -0.2) is 0 Å². The quantitative estimate of drug-likeness (QED) is 0.179. The van der Waals surface area contributed by atoms with Crippen molar-refractivity contribution < 1.29 is 9.53 Å². The third kappa shape index (κ3) is 4.84. The Morgan fingerprint density at radius 3 is 2.53 bits per heavy atom. The monoisotopic (exact) mass is 512 g/mol. The normalized spacial score (nSPS) is 15.7. The van der Waals surface area contributed by atoms with E-state index in [9.17, 15) is 4.79 Å². The van der Waals surface area contributed by atoms with E-state index in [0.29, 0.717) is 28.3 Å². The van der Waals surface area contributed by atoms with Crippen molar-refractivity contribution in [2.45, 2.75) is 32.7 Å². The van der Waals surface area contributed by atoms with Gasteiger partial charge in [-0.3, -0.25) is 9.69 Å². The topological polar surface area (TPSA) is 34.5 Å². The van der Waals surface area contributed by atoms with Crippen molar-refractivity contribution in [3.63, 3.8) is 0 Å². The average molecular weight is 513 g/mol. The van der Waals surface area contributed by atoms with Gasteiger partial charge in [-0.1, -0.05) is 92.4 Å². The fourth-order valence-electron chi connectivity index (χ4n) is 4.48. The van der Waals surface area contributed by atoms with Crippen molar-refractivity contribution in [3.8, 4) is 5.75 Å². The summed E-state index contributed by atoms with van der Waals surface area (Å²) in [5, 5.41) is 1.10. The summed E-state index contributed by atoms with van der Waals surface area (Å²) in [7, 11) is 0. The first kappa shape index (κ1) is 24.3. The second kappa shape index (κ2) is 10.7. The Kier molecular flexibility index (Phi) is 7.25. The molecule has 1 aliphatic heterocycles. The van der Waals surface area contributed by atoms with Crippen LogP contribution < -0.4 is 9.64 Å². The van der Waals surface area contributed by atoms with E-state index in [1.54, 1.807) is 4.90 Å². The summed E-state index contributed by atoms with van der Waals surface area (Å²) in [4.78, 5) is 15.5. The van der Waals surface area contributed by atoms with E-state index in [1.807, 2.05) is 54.6 Å². The first-order valence-electron chi connectivity index (χ1n) is 12.2. The maximum Gasteiger partial charge on any atom is 0.270 e. The molecular formula is C30H28N2O2S2. The van der Waals surface area contributed by atoms with Crippen LogP contribution >= 0.6 is 24.0 Å². The molecule has 0 aliphatic carbocycles. The highest BCUT2D eigenvalue weighted by atomic mass is 32.2. The molecule has 1 amide bonds. The van der Waals surface area contributed by atoms with E-state index >= 15 is 0 Å². The number of benzene rings is 3. The van der Waals surface area contributed by atoms with E-state index in [4.69, 9.17) is 17.0 Å². The van der Waals surface area contributed by atoms with Crippen LogP contribution in [0.3, 0.4) is 0 Å². The number of amides is 1. The minimum Gasteiger partial charge on any atom is -0.491 e. The van der Waals surface area contributed by atoms with Crippen LogP contribution in [0.2, 0.25) is 0 Å². The van der Waals surface area contributed by atoms with Crippen molar-refractivity contribution >= 4 is 56.9 Å². The largest absolute Gasteiger partial charge is 0.491 e. The van der Waals surface area contributed by atoms with Crippen molar-refractivity contribution in [2.75, 3.05) is 11.5 Å². The number of carbonyl (C=O) groups is 1. The van der Waals surface area contributed by atoms with Crippen LogP contribution in [0.5, 0.6) is 5.75 Å². The standard InChI is InChI=1S/C30H28N2O2S2/c1-3-21(2)24-13-8-10-16-27(24)34-18-17-31-20-22(25-14-7-9-15-26(25)31)19-28-29(33)32(30(35)36-28)23-11-5-4-6-12-23/h4-16,19-21H,3,17-18H2,1-2H3/b28-19-. The van der Waals surface area contributed by atoms with Gasteiger partial charge in [0.25, 0.3) is 5.91 Å². The Hall–Kier alpha value is -3.35. The van der Waals surface area contributed by atoms with Gasteiger partial charge in [-0.15, -0.1) is 0 Å². The lowest BCUT2D eigenvalue weighted by Gasteiger charge is -2.16. The molecule has 6 heteroatoms. The highest BCUT2D eigenvalue weighted by Gasteiger charge is 2.33. The number of carbonyl (C=O) groups excluding carboxylic acids is 1. The Morgan fingerprint density at radius 2 is 1.72 bits per heavy atom. The highest BCUT2D eigenvalue weighted by molar-refractivity contribution is 8.27. The number of para-hydroxylation sites is 3. The number of aromatic nitrogens is 1. The van der Waals surface area contributed by atoms with Gasteiger partial charge in [0.2, 0.25) is 0 Å². The Bertz CT molecular complexity index is 1440. The van der Waals surface area contributed by atoms with E-state index in [0.717, 1.165) is 34.3 Å². The van der Waals surface area contributed by atoms with Gasteiger partial charge in [0.15, 0.2) is 4.32 Å². The maximum absolute atomic E-state index is 13.2. The molecule has 3 aromatic carbocycles. The lowest BCUT2D eigenvalue weighted by Crippen LogP contribution is -2.27. The number of thioether (sulfide) groups is 1. The molecule has 0 radical (unpaired) electrons. The van der Waals surface area contributed by atoms with Crippen LogP contribution in [0.15, 0.2) is 90.0 Å². The molecule has 0 N–H and O–H groups in total. The second-order valence-electron chi connectivity index (χ2n) is 8.84. The molecule has 1 fully saturated rings. The Labute approximate surface area is 221 Å². The number of nitrogens with zero attached hydrogens (tertiary/aromatic N) is 2. The molecule has 182 valence electrons. The third-order valence-corrected chi connectivity index (χ3v) is 7.87. The van der Waals surface area contributed by atoms with E-state index in [-0.39, 0.29) is 5.91 Å². The van der Waals surface area contributed by atoms with Crippen LogP contribution in [-0.4, -0.2) is 21.4 Å². The lowest BCUT2D eigenvalue weighted by molar-refractivity contribution is -0.113. The van der Waals surface area contributed by atoms with Gasteiger partial charge in [0, 0.05) is 22.7 Å². The summed E-state index contributed by atoms with van der Waals surface area (Å²) < 4.78 is 8.98. The molecule has 2 heterocycles. The minimum absolute atomic E-state index is 0.0852. The zero-order chi connectivity index (χ0) is 25.1. The lowest BCUT2D eigenvalue weighted by atomic mass is 9.98. The number of rotatable bonds is 8. The molecule has 5 rings (SSSR count). The zero-order valence-electron chi connectivity index (χ0n) is 20.4. The number of ether oxygens (including phenoxy) is 1. The summed E-state index contributed by atoms with van der Waals surface area (Å²) in [6, 6.07) is 26.1. The Balaban J connectivity index is 1.38. The molecular weight excluding hydrogens is 484 g/mol. The predicted octanol–water partition coefficient (Wildman–Crippen LogP) is 7.64. The predicted molar refractivity (Wildman–Crippen MR) is 155 cm³/mol. The van der Waals surface area contributed by atoms with Crippen LogP contribution in [0.1, 0.15) is 37.3 Å². The van der Waals surface area contributed by atoms with Crippen molar-refractivity contribution in [3.05, 3.63) is 101 Å². The fourth-order valence-corrected chi connectivity index (χ4v) is 5.77. The second-order valence-corrected chi connectivity index (χ2v) is 10.5. The van der Waals surface area contributed by atoms with Crippen molar-refractivity contribution in [1.82, 2.24) is 4.57 Å². The first-order valence-corrected chi connectivity index (χ1v) is 13.4. The average Bonchev–Trinajstić information content (AvgIpc) is 3.40. The molecule has 1 aromatic heterocycles. The Morgan fingerprint density at radius 1 is 1.00 bits per heavy atom. The molecule has 1 atom stereocenters. The van der Waals surface area contributed by atoms with E-state index in [2.05, 4.69) is 54.9 Å². The number of thiocarbonyl (C=S) groups is 1. The van der Waals surface area contributed by atoms with Crippen LogP contribution in [0, 0.1) is 0 Å². The van der Waals surface area contributed by atoms with Crippen LogP contribution in [-0.2, 0) is 11.3 Å². The molecule has 1 saturated heterocycles. The SMILES string of the molecule is CCC(C)c1ccccc1OCCn1cc(/C=C2\SC(=S)N(c3ccccc3)C2=O)c2ccccc21. The van der Waals surface area contributed by atoms with E-state index < -0.39 is 0 Å². The molecule has 0 saturated carbocycles. The van der Waals surface area contributed by atoms with Crippen LogP contribution in [0.4, 0.5) is 5.69 Å². The molecule has 1 unspecified atom stereocenters. The third-order valence-electron chi connectivity index (χ3n) is 6.57. The summed E-state index contributed by atoms with van der Waals surface area (Å²) >= 11 is 6.89. The molecule has 0 spiro atoms. The highest BCUT2D eigenvalue weighted by Crippen LogP contribution is 2.37. The minimum atomic E-state index is -0.0852. The van der Waals surface area contributed by atoms with Crippen molar-refractivity contribution in [2.24, 2.45) is 0 Å². The van der Waals surface area contributed by atoms with Crippen molar-refractivity contribution in [1.29, 1.82) is 0 Å². The molecule has 4 aromatic rings. The van der Waals surface area contributed by atoms with Gasteiger partial charge < -0.3 is 9.30 Å². The first-order chi connectivity index (χ1) is 17.6. The number of fused-ring (bicyclic) bond motifs is 1. The molecule has 0 bridgehead atoms. The molecule has 36 heavy (non-hydrogen) atoms. The smallest absolute Gasteiger partial charge is 0.270 e. The summed E-state index contributed by atoms with van der Waals surface area (Å²) in [6.45, 7) is 5.69. The number of hydrogen-bond acceptors (Lipinski definition) is 4. The van der Waals surface area contributed by atoms with Gasteiger partial charge in [-0.05, 0) is 48.2 Å². The van der Waals surface area contributed by atoms with Gasteiger partial charge in [0.1, 0.15) is 12.4 Å². The summed E-state index contributed by atoms with van der Waals surface area (Å²) in [6.07, 6.45) is 5.13. The molecule has 4 nitrogen and oxygen atoms in total.